The lowest BCUT2D eigenvalue weighted by Gasteiger charge is -2.13. The molecule has 1 unspecified atom stereocenters. The first-order valence-corrected chi connectivity index (χ1v) is 9.81. The smallest absolute Gasteiger partial charge is 0.344 e. The van der Waals surface area contributed by atoms with Crippen molar-refractivity contribution in [1.82, 2.24) is 4.57 Å². The molecular formula is C24H22N2O4. The highest BCUT2D eigenvalue weighted by atomic mass is 16.5. The Labute approximate surface area is 173 Å². The molecule has 2 N–H and O–H groups in total. The minimum absolute atomic E-state index is 0.362. The third-order valence-corrected chi connectivity index (χ3v) is 5.18. The third kappa shape index (κ3) is 3.59. The summed E-state index contributed by atoms with van der Waals surface area (Å²) >= 11 is 0. The number of fused-ring (bicyclic) bond motifs is 3. The van der Waals surface area contributed by atoms with Crippen LogP contribution in [0.2, 0.25) is 0 Å². The summed E-state index contributed by atoms with van der Waals surface area (Å²) in [5, 5.41) is 13.9. The van der Waals surface area contributed by atoms with Crippen molar-refractivity contribution in [2.45, 2.75) is 26.0 Å². The van der Waals surface area contributed by atoms with Gasteiger partial charge in [0.2, 0.25) is 6.41 Å². The number of nitrogens with zero attached hydrogens (tertiary/aromatic N) is 1. The van der Waals surface area contributed by atoms with Crippen molar-refractivity contribution >= 4 is 39.9 Å². The summed E-state index contributed by atoms with van der Waals surface area (Å²) in [6.07, 6.45) is 0.112. The number of benzene rings is 3. The Balaban J connectivity index is 1.91. The van der Waals surface area contributed by atoms with Crippen molar-refractivity contribution in [3.8, 4) is 5.75 Å². The second-order valence-electron chi connectivity index (χ2n) is 7.07. The van der Waals surface area contributed by atoms with Gasteiger partial charge in [0.1, 0.15) is 5.75 Å². The molecule has 1 amide bonds. The van der Waals surface area contributed by atoms with Crippen molar-refractivity contribution < 1.29 is 19.4 Å². The van der Waals surface area contributed by atoms with E-state index in [0.29, 0.717) is 30.8 Å². The van der Waals surface area contributed by atoms with E-state index in [9.17, 15) is 14.7 Å². The van der Waals surface area contributed by atoms with E-state index >= 15 is 0 Å². The SMILES string of the molecule is CCC(Oc1ccc2c(c1)c1c(NC=O)cccc1n2Cc1ccccc1)C(=O)O. The summed E-state index contributed by atoms with van der Waals surface area (Å²) in [6, 6.07) is 21.5. The highest BCUT2D eigenvalue weighted by Crippen LogP contribution is 2.37. The maximum Gasteiger partial charge on any atom is 0.344 e. The number of aliphatic carboxylic acids is 1. The van der Waals surface area contributed by atoms with Crippen LogP contribution < -0.4 is 10.1 Å². The molecule has 0 saturated heterocycles. The highest BCUT2D eigenvalue weighted by Gasteiger charge is 2.19. The summed E-state index contributed by atoms with van der Waals surface area (Å²) in [7, 11) is 0. The number of anilines is 1. The van der Waals surface area contributed by atoms with Crippen molar-refractivity contribution in [3.63, 3.8) is 0 Å². The quantitative estimate of drug-likeness (QED) is 0.420. The fourth-order valence-electron chi connectivity index (χ4n) is 3.79. The largest absolute Gasteiger partial charge is 0.479 e. The molecule has 1 atom stereocenters. The average molecular weight is 402 g/mol. The molecule has 4 rings (SSSR count). The van der Waals surface area contributed by atoms with Crippen LogP contribution in [0.25, 0.3) is 21.8 Å². The highest BCUT2D eigenvalue weighted by molar-refractivity contribution is 6.15. The van der Waals surface area contributed by atoms with Gasteiger partial charge in [-0.15, -0.1) is 0 Å². The number of rotatable bonds is 8. The average Bonchev–Trinajstić information content (AvgIpc) is 3.06. The van der Waals surface area contributed by atoms with Crippen LogP contribution >= 0.6 is 0 Å². The van der Waals surface area contributed by atoms with Gasteiger partial charge in [-0.25, -0.2) is 4.79 Å². The number of aromatic nitrogens is 1. The molecule has 6 heteroatoms. The van der Waals surface area contributed by atoms with Crippen LogP contribution in [0.1, 0.15) is 18.9 Å². The molecular weight excluding hydrogens is 380 g/mol. The second kappa shape index (κ2) is 8.29. The molecule has 6 nitrogen and oxygen atoms in total. The van der Waals surface area contributed by atoms with Gasteiger partial charge in [-0.3, -0.25) is 4.79 Å². The summed E-state index contributed by atoms with van der Waals surface area (Å²) < 4.78 is 7.90. The van der Waals surface area contributed by atoms with Crippen molar-refractivity contribution in [2.24, 2.45) is 0 Å². The summed E-state index contributed by atoms with van der Waals surface area (Å²) in [4.78, 5) is 22.5. The van der Waals surface area contributed by atoms with Gasteiger partial charge in [0.15, 0.2) is 6.10 Å². The Hall–Kier alpha value is -3.80. The fraction of sp³-hybridized carbons (Fsp3) is 0.167. The number of carboxylic acid groups (broad SMARTS) is 1. The number of nitrogens with one attached hydrogen (secondary N) is 1. The van der Waals surface area contributed by atoms with E-state index < -0.39 is 12.1 Å². The molecule has 0 spiro atoms. The lowest BCUT2D eigenvalue weighted by molar-refractivity contribution is -0.145. The molecule has 30 heavy (non-hydrogen) atoms. The number of ether oxygens (including phenoxy) is 1. The number of carbonyl (C=O) groups excluding carboxylic acids is 1. The van der Waals surface area contributed by atoms with Gasteiger partial charge in [-0.2, -0.15) is 0 Å². The zero-order valence-electron chi connectivity index (χ0n) is 16.5. The van der Waals surface area contributed by atoms with Gasteiger partial charge < -0.3 is 19.7 Å². The zero-order chi connectivity index (χ0) is 21.1. The number of amides is 1. The van der Waals surface area contributed by atoms with Crippen LogP contribution in [0, 0.1) is 0 Å². The molecule has 0 fully saturated rings. The summed E-state index contributed by atoms with van der Waals surface area (Å²) in [6.45, 7) is 2.44. The lowest BCUT2D eigenvalue weighted by Crippen LogP contribution is -2.25. The first kappa shape index (κ1) is 19.5. The number of carbonyl (C=O) groups is 2. The van der Waals surface area contributed by atoms with Crippen molar-refractivity contribution in [3.05, 3.63) is 72.3 Å². The molecule has 1 heterocycles. The van der Waals surface area contributed by atoms with Gasteiger partial charge in [-0.1, -0.05) is 43.3 Å². The molecule has 4 aromatic rings. The molecule has 0 aliphatic carbocycles. The van der Waals surface area contributed by atoms with Crippen LogP contribution in [0.5, 0.6) is 5.75 Å². The van der Waals surface area contributed by atoms with E-state index in [0.717, 1.165) is 27.4 Å². The normalized spacial score (nSPS) is 12.0. The van der Waals surface area contributed by atoms with Crippen molar-refractivity contribution in [1.29, 1.82) is 0 Å². The molecule has 0 aliphatic rings. The molecule has 0 bridgehead atoms. The Morgan fingerprint density at radius 1 is 1.10 bits per heavy atom. The van der Waals surface area contributed by atoms with E-state index in [4.69, 9.17) is 4.74 Å². The van der Waals surface area contributed by atoms with Crippen molar-refractivity contribution in [2.75, 3.05) is 5.32 Å². The minimum Gasteiger partial charge on any atom is -0.479 e. The zero-order valence-corrected chi connectivity index (χ0v) is 16.5. The molecule has 0 saturated carbocycles. The Bertz CT molecular complexity index is 1210. The lowest BCUT2D eigenvalue weighted by atomic mass is 10.1. The molecule has 152 valence electrons. The topological polar surface area (TPSA) is 80.6 Å². The van der Waals surface area contributed by atoms with E-state index in [1.807, 2.05) is 48.5 Å². The third-order valence-electron chi connectivity index (χ3n) is 5.18. The van der Waals surface area contributed by atoms with E-state index in [1.165, 1.54) is 0 Å². The summed E-state index contributed by atoms with van der Waals surface area (Å²) in [5.41, 5.74) is 3.80. The second-order valence-corrected chi connectivity index (χ2v) is 7.07. The molecule has 1 aromatic heterocycles. The van der Waals surface area contributed by atoms with Gasteiger partial charge in [0.05, 0.1) is 11.2 Å². The number of hydrogen-bond acceptors (Lipinski definition) is 3. The monoisotopic (exact) mass is 402 g/mol. The Morgan fingerprint density at radius 2 is 1.90 bits per heavy atom. The van der Waals surface area contributed by atoms with Crippen LogP contribution in [-0.2, 0) is 16.1 Å². The van der Waals surface area contributed by atoms with Gasteiger partial charge >= 0.3 is 5.97 Å². The standard InChI is InChI=1S/C24H22N2O4/c1-2-22(24(28)29)30-17-11-12-20-18(13-17)23-19(25-15-27)9-6-10-21(23)26(20)14-16-7-4-3-5-8-16/h3-13,15,22H,2,14H2,1H3,(H,25,27)(H,28,29). The maximum atomic E-state index is 11.4. The van der Waals surface area contributed by atoms with Crippen LogP contribution in [0.3, 0.4) is 0 Å². The van der Waals surface area contributed by atoms with Crippen LogP contribution in [-0.4, -0.2) is 28.2 Å². The fourth-order valence-corrected chi connectivity index (χ4v) is 3.79. The first-order valence-electron chi connectivity index (χ1n) is 9.81. The predicted octanol–water partition coefficient (Wildman–Crippen LogP) is 4.65. The van der Waals surface area contributed by atoms with Gasteiger partial charge in [0.25, 0.3) is 0 Å². The van der Waals surface area contributed by atoms with E-state index in [-0.39, 0.29) is 0 Å². The van der Waals surface area contributed by atoms with Gasteiger partial charge in [0, 0.05) is 22.8 Å². The van der Waals surface area contributed by atoms with Crippen LogP contribution in [0.15, 0.2) is 66.7 Å². The predicted molar refractivity (Wildman–Crippen MR) is 117 cm³/mol. The Kier molecular flexibility index (Phi) is 5.39. The Morgan fingerprint density at radius 3 is 2.60 bits per heavy atom. The minimum atomic E-state index is -0.993. The molecule has 3 aromatic carbocycles. The van der Waals surface area contributed by atoms with E-state index in [2.05, 4.69) is 22.0 Å². The first-order chi connectivity index (χ1) is 14.6. The summed E-state index contributed by atoms with van der Waals surface area (Å²) in [5.74, 6) is -0.510. The number of hydrogen-bond donors (Lipinski definition) is 2. The molecule has 0 aliphatic heterocycles. The van der Waals surface area contributed by atoms with E-state index in [1.54, 1.807) is 13.0 Å². The maximum absolute atomic E-state index is 11.4. The van der Waals surface area contributed by atoms with Gasteiger partial charge in [-0.05, 0) is 42.3 Å². The number of carboxylic acids is 1. The van der Waals surface area contributed by atoms with Crippen LogP contribution in [0.4, 0.5) is 5.69 Å². The molecule has 0 radical (unpaired) electrons.